The average molecular weight is 473 g/mol. The van der Waals surface area contributed by atoms with Crippen molar-refractivity contribution in [3.63, 3.8) is 0 Å². The van der Waals surface area contributed by atoms with E-state index in [1.807, 2.05) is 0 Å². The molecule has 0 aliphatic carbocycles. The van der Waals surface area contributed by atoms with Crippen LogP contribution in [0.25, 0.3) is 0 Å². The Bertz CT molecular complexity index is 988. The standard InChI is InChI=1S/C22H28N6O6/c29-15-5-3-13(4-6-15)8-17(28-21(32)16-2-1-7-24-16)20(31)25-11-19(30)27-18(22(33)34)9-14-10-23-12-26-14/h3-6,10,12,16-18,24,29H,1-2,7-9,11H2,(H,23,26)(H,25,31)(H,27,30)(H,28,32)(H,33,34). The van der Waals surface area contributed by atoms with E-state index in [1.165, 1.54) is 24.7 Å². The second kappa shape index (κ2) is 11.8. The molecule has 1 fully saturated rings. The number of aromatic nitrogens is 2. The summed E-state index contributed by atoms with van der Waals surface area (Å²) in [7, 11) is 0. The zero-order valence-electron chi connectivity index (χ0n) is 18.4. The summed E-state index contributed by atoms with van der Waals surface area (Å²) in [5.41, 5.74) is 1.24. The van der Waals surface area contributed by atoms with E-state index >= 15 is 0 Å². The number of nitrogens with zero attached hydrogens (tertiary/aromatic N) is 1. The topological polar surface area (TPSA) is 186 Å². The van der Waals surface area contributed by atoms with Gasteiger partial charge >= 0.3 is 5.97 Å². The third kappa shape index (κ3) is 7.30. The molecule has 1 aromatic carbocycles. The number of phenolic OH excluding ortho intramolecular Hbond substituents is 1. The molecule has 12 heteroatoms. The zero-order chi connectivity index (χ0) is 24.5. The molecule has 1 aliphatic rings. The van der Waals surface area contributed by atoms with Crippen LogP contribution in [0, 0.1) is 0 Å². The summed E-state index contributed by atoms with van der Waals surface area (Å²) >= 11 is 0. The molecule has 1 aromatic heterocycles. The number of aromatic amines is 1. The maximum absolute atomic E-state index is 12.8. The Morgan fingerprint density at radius 1 is 1.09 bits per heavy atom. The highest BCUT2D eigenvalue weighted by molar-refractivity contribution is 5.92. The Morgan fingerprint density at radius 2 is 1.85 bits per heavy atom. The van der Waals surface area contributed by atoms with Gasteiger partial charge in [0.2, 0.25) is 17.7 Å². The van der Waals surface area contributed by atoms with Gasteiger partial charge in [0.15, 0.2) is 0 Å². The molecule has 0 radical (unpaired) electrons. The Kier molecular flexibility index (Phi) is 8.57. The highest BCUT2D eigenvalue weighted by Gasteiger charge is 2.28. The smallest absolute Gasteiger partial charge is 0.326 e. The fourth-order valence-electron chi connectivity index (χ4n) is 3.61. The van der Waals surface area contributed by atoms with E-state index in [-0.39, 0.29) is 24.5 Å². The van der Waals surface area contributed by atoms with Crippen molar-refractivity contribution in [1.29, 1.82) is 0 Å². The normalized spacial score (nSPS) is 16.9. The molecule has 2 aromatic rings. The molecule has 0 spiro atoms. The van der Waals surface area contributed by atoms with Crippen molar-refractivity contribution in [3.05, 3.63) is 48.0 Å². The van der Waals surface area contributed by atoms with Gasteiger partial charge in [-0.05, 0) is 37.1 Å². The third-order valence-corrected chi connectivity index (χ3v) is 5.42. The number of phenols is 1. The van der Waals surface area contributed by atoms with Crippen LogP contribution < -0.4 is 21.3 Å². The van der Waals surface area contributed by atoms with Gasteiger partial charge in [-0.15, -0.1) is 0 Å². The fourth-order valence-corrected chi connectivity index (χ4v) is 3.61. The maximum Gasteiger partial charge on any atom is 0.326 e. The number of nitrogens with one attached hydrogen (secondary N) is 5. The molecule has 12 nitrogen and oxygen atoms in total. The van der Waals surface area contributed by atoms with Crippen LogP contribution in [0.2, 0.25) is 0 Å². The van der Waals surface area contributed by atoms with E-state index in [0.717, 1.165) is 13.0 Å². The summed E-state index contributed by atoms with van der Waals surface area (Å²) in [6.07, 6.45) is 4.53. The Hall–Kier alpha value is -3.93. The number of H-pyrrole nitrogens is 1. The second-order valence-corrected chi connectivity index (χ2v) is 8.04. The first kappa shape index (κ1) is 24.7. The quantitative estimate of drug-likeness (QED) is 0.213. The Labute approximate surface area is 195 Å². The van der Waals surface area contributed by atoms with Gasteiger partial charge in [0.25, 0.3) is 0 Å². The van der Waals surface area contributed by atoms with E-state index in [2.05, 4.69) is 31.2 Å². The number of imidazole rings is 1. The zero-order valence-corrected chi connectivity index (χ0v) is 18.4. The van der Waals surface area contributed by atoms with Crippen molar-refractivity contribution in [2.75, 3.05) is 13.1 Å². The van der Waals surface area contributed by atoms with Crippen LogP contribution in [0.3, 0.4) is 0 Å². The maximum atomic E-state index is 12.8. The van der Waals surface area contributed by atoms with E-state index in [9.17, 15) is 29.4 Å². The number of carbonyl (C=O) groups is 4. The first-order valence-corrected chi connectivity index (χ1v) is 10.9. The van der Waals surface area contributed by atoms with E-state index in [1.54, 1.807) is 12.1 Å². The van der Waals surface area contributed by atoms with Gasteiger partial charge in [0.05, 0.1) is 18.9 Å². The van der Waals surface area contributed by atoms with Crippen molar-refractivity contribution in [2.45, 2.75) is 43.8 Å². The molecule has 182 valence electrons. The summed E-state index contributed by atoms with van der Waals surface area (Å²) in [6, 6.07) is 3.66. The van der Waals surface area contributed by atoms with Crippen LogP contribution >= 0.6 is 0 Å². The number of carboxylic acid groups (broad SMARTS) is 1. The molecule has 0 saturated carbocycles. The van der Waals surface area contributed by atoms with Crippen molar-refractivity contribution in [1.82, 2.24) is 31.2 Å². The lowest BCUT2D eigenvalue weighted by Crippen LogP contribution is -2.54. The monoisotopic (exact) mass is 472 g/mol. The molecule has 3 unspecified atom stereocenters. The average Bonchev–Trinajstić information content (AvgIpc) is 3.52. The Morgan fingerprint density at radius 3 is 2.47 bits per heavy atom. The van der Waals surface area contributed by atoms with Gasteiger partial charge in [0, 0.05) is 24.7 Å². The summed E-state index contributed by atoms with van der Waals surface area (Å²) in [6.45, 7) is 0.256. The minimum atomic E-state index is -1.23. The minimum absolute atomic E-state index is 0.00292. The van der Waals surface area contributed by atoms with Gasteiger partial charge < -0.3 is 36.5 Å². The van der Waals surface area contributed by atoms with Crippen LogP contribution in [0.4, 0.5) is 0 Å². The van der Waals surface area contributed by atoms with Gasteiger partial charge in [-0.25, -0.2) is 9.78 Å². The number of amides is 3. The van der Waals surface area contributed by atoms with Crippen molar-refractivity contribution in [2.24, 2.45) is 0 Å². The molecule has 1 aliphatic heterocycles. The van der Waals surface area contributed by atoms with Gasteiger partial charge in [-0.1, -0.05) is 12.1 Å². The number of carbonyl (C=O) groups excluding carboxylic acids is 3. The van der Waals surface area contributed by atoms with Crippen LogP contribution in [-0.2, 0) is 32.0 Å². The molecular weight excluding hydrogens is 444 g/mol. The summed E-state index contributed by atoms with van der Waals surface area (Å²) < 4.78 is 0. The highest BCUT2D eigenvalue weighted by atomic mass is 16.4. The van der Waals surface area contributed by atoms with E-state index in [4.69, 9.17) is 0 Å². The highest BCUT2D eigenvalue weighted by Crippen LogP contribution is 2.12. The molecule has 3 atom stereocenters. The number of benzene rings is 1. The van der Waals surface area contributed by atoms with Crippen LogP contribution in [0.15, 0.2) is 36.8 Å². The molecule has 2 heterocycles. The van der Waals surface area contributed by atoms with E-state index in [0.29, 0.717) is 17.7 Å². The number of aromatic hydroxyl groups is 1. The summed E-state index contributed by atoms with van der Waals surface area (Å²) in [5.74, 6) is -2.74. The number of rotatable bonds is 11. The van der Waals surface area contributed by atoms with Crippen LogP contribution in [0.5, 0.6) is 5.75 Å². The fraction of sp³-hybridized carbons (Fsp3) is 0.409. The summed E-state index contributed by atoms with van der Waals surface area (Å²) in [4.78, 5) is 55.8. The second-order valence-electron chi connectivity index (χ2n) is 8.04. The predicted molar refractivity (Wildman–Crippen MR) is 120 cm³/mol. The molecule has 34 heavy (non-hydrogen) atoms. The molecule has 1 saturated heterocycles. The predicted octanol–water partition coefficient (Wildman–Crippen LogP) is -1.18. The van der Waals surface area contributed by atoms with Crippen molar-refractivity contribution >= 4 is 23.7 Å². The molecule has 7 N–H and O–H groups in total. The summed E-state index contributed by atoms with van der Waals surface area (Å²) in [5, 5.41) is 29.5. The Balaban J connectivity index is 1.58. The van der Waals surface area contributed by atoms with Gasteiger partial charge in [-0.3, -0.25) is 14.4 Å². The minimum Gasteiger partial charge on any atom is -0.508 e. The third-order valence-electron chi connectivity index (χ3n) is 5.42. The number of hydrogen-bond donors (Lipinski definition) is 7. The number of aliphatic carboxylic acids is 1. The van der Waals surface area contributed by atoms with Crippen molar-refractivity contribution in [3.8, 4) is 5.75 Å². The SMILES string of the molecule is O=C(CNC(=O)C(Cc1ccc(O)cc1)NC(=O)C1CCCN1)NC(Cc1cnc[nH]1)C(=O)O. The van der Waals surface area contributed by atoms with Crippen LogP contribution in [0.1, 0.15) is 24.1 Å². The van der Waals surface area contributed by atoms with Crippen molar-refractivity contribution < 1.29 is 29.4 Å². The lowest BCUT2D eigenvalue weighted by atomic mass is 10.0. The molecular formula is C22H28N6O6. The number of carboxylic acids is 1. The largest absolute Gasteiger partial charge is 0.508 e. The number of hydrogen-bond acceptors (Lipinski definition) is 7. The lowest BCUT2D eigenvalue weighted by Gasteiger charge is -2.21. The van der Waals surface area contributed by atoms with Crippen LogP contribution in [-0.4, -0.2) is 75.1 Å². The first-order chi connectivity index (χ1) is 16.3. The van der Waals surface area contributed by atoms with E-state index < -0.39 is 42.5 Å². The molecule has 0 bridgehead atoms. The first-order valence-electron chi connectivity index (χ1n) is 10.9. The lowest BCUT2D eigenvalue weighted by molar-refractivity contribution is -0.141. The molecule has 3 rings (SSSR count). The molecule has 3 amide bonds. The van der Waals surface area contributed by atoms with Gasteiger partial charge in [0.1, 0.15) is 17.8 Å². The van der Waals surface area contributed by atoms with Gasteiger partial charge in [-0.2, -0.15) is 0 Å².